The van der Waals surface area contributed by atoms with Crippen LogP contribution < -0.4 is 10.1 Å². The van der Waals surface area contributed by atoms with E-state index in [9.17, 15) is 0 Å². The Kier molecular flexibility index (Phi) is 6.18. The van der Waals surface area contributed by atoms with Gasteiger partial charge in [0.05, 0.1) is 18.5 Å². The molecule has 0 amide bonds. The van der Waals surface area contributed by atoms with Crippen molar-refractivity contribution < 1.29 is 4.74 Å². The highest BCUT2D eigenvalue weighted by atomic mass is 16.5. The fourth-order valence-corrected chi connectivity index (χ4v) is 1.45. The van der Waals surface area contributed by atoms with Crippen LogP contribution >= 0.6 is 0 Å². The number of hydrogen-bond donors (Lipinski definition) is 1. The first-order chi connectivity index (χ1) is 8.87. The molecular weight excluding hydrogens is 240 g/mol. The van der Waals surface area contributed by atoms with Crippen molar-refractivity contribution in [1.82, 2.24) is 20.2 Å². The Morgan fingerprint density at radius 3 is 2.63 bits per heavy atom. The van der Waals surface area contributed by atoms with Gasteiger partial charge >= 0.3 is 0 Å². The number of rotatable bonds is 7. The molecule has 0 aliphatic carbocycles. The molecular formula is C14H26N4O. The minimum absolute atomic E-state index is 0.0737. The molecule has 108 valence electrons. The maximum atomic E-state index is 5.60. The van der Waals surface area contributed by atoms with Crippen molar-refractivity contribution >= 4 is 0 Å². The summed E-state index contributed by atoms with van der Waals surface area (Å²) >= 11 is 0. The summed E-state index contributed by atoms with van der Waals surface area (Å²) < 4.78 is 5.60. The van der Waals surface area contributed by atoms with Crippen molar-refractivity contribution in [3.63, 3.8) is 0 Å². The fraction of sp³-hybridized carbons (Fsp3) is 0.714. The first-order valence-corrected chi connectivity index (χ1v) is 6.70. The Labute approximate surface area is 116 Å². The molecule has 0 bridgehead atoms. The van der Waals surface area contributed by atoms with E-state index in [4.69, 9.17) is 4.74 Å². The molecule has 0 unspecified atom stereocenters. The van der Waals surface area contributed by atoms with Gasteiger partial charge in [-0.2, -0.15) is 0 Å². The molecule has 0 fully saturated rings. The third-order valence-electron chi connectivity index (χ3n) is 2.46. The van der Waals surface area contributed by atoms with Crippen molar-refractivity contribution in [2.24, 2.45) is 0 Å². The highest BCUT2D eigenvalue weighted by Gasteiger charge is 2.09. The van der Waals surface area contributed by atoms with E-state index in [1.165, 1.54) is 0 Å². The number of nitrogens with zero attached hydrogens (tertiary/aromatic N) is 3. The van der Waals surface area contributed by atoms with Crippen LogP contribution in [-0.2, 0) is 6.54 Å². The van der Waals surface area contributed by atoms with E-state index >= 15 is 0 Å². The van der Waals surface area contributed by atoms with Crippen molar-refractivity contribution in [3.05, 3.63) is 18.1 Å². The number of hydrogen-bond acceptors (Lipinski definition) is 5. The molecule has 1 N–H and O–H groups in total. The second-order valence-electron chi connectivity index (χ2n) is 5.96. The number of aromatic nitrogens is 2. The topological polar surface area (TPSA) is 50.3 Å². The molecule has 19 heavy (non-hydrogen) atoms. The van der Waals surface area contributed by atoms with Gasteiger partial charge in [-0.3, -0.25) is 4.98 Å². The third kappa shape index (κ3) is 7.74. The summed E-state index contributed by atoms with van der Waals surface area (Å²) in [5, 5.41) is 3.38. The zero-order valence-electron chi connectivity index (χ0n) is 12.7. The Balaban J connectivity index is 2.39. The monoisotopic (exact) mass is 266 g/mol. The fourth-order valence-electron chi connectivity index (χ4n) is 1.45. The Hall–Kier alpha value is -1.20. The van der Waals surface area contributed by atoms with E-state index in [-0.39, 0.29) is 5.54 Å². The van der Waals surface area contributed by atoms with Gasteiger partial charge in [0.1, 0.15) is 0 Å². The molecule has 0 aromatic carbocycles. The van der Waals surface area contributed by atoms with Crippen LogP contribution in [0, 0.1) is 0 Å². The van der Waals surface area contributed by atoms with Crippen LogP contribution in [0.2, 0.25) is 0 Å². The van der Waals surface area contributed by atoms with E-state index < -0.39 is 0 Å². The first kappa shape index (κ1) is 15.9. The second-order valence-corrected chi connectivity index (χ2v) is 5.96. The van der Waals surface area contributed by atoms with Crippen molar-refractivity contribution in [2.75, 3.05) is 27.2 Å². The lowest BCUT2D eigenvalue weighted by Gasteiger charge is -2.20. The summed E-state index contributed by atoms with van der Waals surface area (Å²) in [5.41, 5.74) is 0.976. The quantitative estimate of drug-likeness (QED) is 0.761. The van der Waals surface area contributed by atoms with Crippen molar-refractivity contribution in [3.8, 4) is 5.88 Å². The molecule has 1 rings (SSSR count). The van der Waals surface area contributed by atoms with Gasteiger partial charge < -0.3 is 15.0 Å². The number of nitrogens with one attached hydrogen (secondary N) is 1. The molecule has 5 heteroatoms. The standard InChI is InChI=1S/C14H26N4O/c1-14(2,3)16-10-12-9-15-11-13(17-12)19-8-6-7-18(4)5/h9,11,16H,6-8,10H2,1-5H3. The van der Waals surface area contributed by atoms with E-state index in [2.05, 4.69) is 55.1 Å². The molecule has 0 aliphatic rings. The minimum atomic E-state index is 0.0737. The number of ether oxygens (including phenoxy) is 1. The molecule has 0 saturated carbocycles. The summed E-state index contributed by atoms with van der Waals surface area (Å²) in [6.45, 7) is 8.76. The van der Waals surface area contributed by atoms with Crippen LogP contribution in [0.15, 0.2) is 12.4 Å². The van der Waals surface area contributed by atoms with E-state index in [0.717, 1.165) is 18.7 Å². The van der Waals surface area contributed by atoms with Crippen LogP contribution in [0.5, 0.6) is 5.88 Å². The molecule has 5 nitrogen and oxygen atoms in total. The van der Waals surface area contributed by atoms with Gasteiger partial charge in [0, 0.05) is 24.8 Å². The van der Waals surface area contributed by atoms with Crippen molar-refractivity contribution in [2.45, 2.75) is 39.3 Å². The summed E-state index contributed by atoms with van der Waals surface area (Å²) in [6.07, 6.45) is 4.42. The Bertz CT molecular complexity index is 374. The maximum Gasteiger partial charge on any atom is 0.232 e. The largest absolute Gasteiger partial charge is 0.477 e. The lowest BCUT2D eigenvalue weighted by Crippen LogP contribution is -2.35. The third-order valence-corrected chi connectivity index (χ3v) is 2.46. The average molecular weight is 266 g/mol. The smallest absolute Gasteiger partial charge is 0.232 e. The molecule has 0 atom stereocenters. The van der Waals surface area contributed by atoms with Crippen LogP contribution in [0.4, 0.5) is 0 Å². The summed E-state index contributed by atoms with van der Waals surface area (Å²) in [4.78, 5) is 10.7. The molecule has 0 radical (unpaired) electrons. The Morgan fingerprint density at radius 1 is 1.26 bits per heavy atom. The van der Waals surface area contributed by atoms with Crippen LogP contribution in [0.25, 0.3) is 0 Å². The zero-order valence-corrected chi connectivity index (χ0v) is 12.7. The van der Waals surface area contributed by atoms with Crippen LogP contribution in [0.1, 0.15) is 32.9 Å². The van der Waals surface area contributed by atoms with Gasteiger partial charge in [-0.1, -0.05) is 0 Å². The molecule has 1 aromatic rings. The molecule has 0 saturated heterocycles. The highest BCUT2D eigenvalue weighted by molar-refractivity contribution is 5.08. The van der Waals surface area contributed by atoms with E-state index in [1.807, 2.05) is 0 Å². The summed E-state index contributed by atoms with van der Waals surface area (Å²) in [5.74, 6) is 0.604. The van der Waals surface area contributed by atoms with Crippen LogP contribution in [0.3, 0.4) is 0 Å². The van der Waals surface area contributed by atoms with Crippen molar-refractivity contribution in [1.29, 1.82) is 0 Å². The average Bonchev–Trinajstić information content (AvgIpc) is 2.32. The Morgan fingerprint density at radius 2 is 2.00 bits per heavy atom. The van der Waals surface area contributed by atoms with Gasteiger partial charge in [0.15, 0.2) is 0 Å². The summed E-state index contributed by atoms with van der Waals surface area (Å²) in [7, 11) is 4.11. The van der Waals surface area contributed by atoms with Gasteiger partial charge in [-0.25, -0.2) is 4.98 Å². The van der Waals surface area contributed by atoms with Crippen LogP contribution in [-0.4, -0.2) is 47.7 Å². The molecule has 1 heterocycles. The predicted molar refractivity (Wildman–Crippen MR) is 77.3 cm³/mol. The molecule has 0 aliphatic heterocycles. The van der Waals surface area contributed by atoms with Gasteiger partial charge in [-0.15, -0.1) is 0 Å². The normalized spacial score (nSPS) is 11.9. The van der Waals surface area contributed by atoms with Gasteiger partial charge in [0.25, 0.3) is 0 Å². The highest BCUT2D eigenvalue weighted by Crippen LogP contribution is 2.07. The zero-order chi connectivity index (χ0) is 14.3. The second kappa shape index (κ2) is 7.40. The predicted octanol–water partition coefficient (Wildman–Crippen LogP) is 1.70. The lowest BCUT2D eigenvalue weighted by atomic mass is 10.1. The van der Waals surface area contributed by atoms with E-state index in [1.54, 1.807) is 12.4 Å². The van der Waals surface area contributed by atoms with Gasteiger partial charge in [-0.05, 0) is 41.3 Å². The van der Waals surface area contributed by atoms with Gasteiger partial charge in [0.2, 0.25) is 5.88 Å². The maximum absolute atomic E-state index is 5.60. The molecule has 1 aromatic heterocycles. The SMILES string of the molecule is CN(C)CCCOc1cncc(CNC(C)(C)C)n1. The lowest BCUT2D eigenvalue weighted by molar-refractivity contribution is 0.271. The molecule has 0 spiro atoms. The minimum Gasteiger partial charge on any atom is -0.477 e. The summed E-state index contributed by atoms with van der Waals surface area (Å²) in [6, 6.07) is 0. The van der Waals surface area contributed by atoms with E-state index in [0.29, 0.717) is 19.0 Å². The first-order valence-electron chi connectivity index (χ1n) is 6.70.